The smallest absolute Gasteiger partial charge is 0.349 e. The lowest BCUT2D eigenvalue weighted by Crippen LogP contribution is -2.46. The van der Waals surface area contributed by atoms with E-state index in [4.69, 9.17) is 21.1 Å². The molecular formula is C32H37ClN2O7S2. The van der Waals surface area contributed by atoms with Crippen molar-refractivity contribution in [3.05, 3.63) is 70.1 Å². The number of esters is 1. The van der Waals surface area contributed by atoms with Crippen LogP contribution in [0.1, 0.15) is 60.2 Å². The van der Waals surface area contributed by atoms with Gasteiger partial charge in [-0.2, -0.15) is 0 Å². The monoisotopic (exact) mass is 660 g/mol. The molecule has 44 heavy (non-hydrogen) atoms. The number of carboxylic acid groups (broad SMARTS) is 1. The van der Waals surface area contributed by atoms with E-state index >= 15 is 0 Å². The molecule has 236 valence electrons. The first-order valence-corrected chi connectivity index (χ1v) is 17.7. The molecule has 1 aromatic heterocycles. The van der Waals surface area contributed by atoms with Crippen LogP contribution in [0, 0.1) is 5.92 Å². The number of thiophene rings is 1. The molecule has 5 rings (SSSR count). The zero-order valence-corrected chi connectivity index (χ0v) is 26.8. The number of nitrogens with one attached hydrogen (secondary N) is 1. The van der Waals surface area contributed by atoms with Crippen LogP contribution in [0.2, 0.25) is 5.02 Å². The van der Waals surface area contributed by atoms with Gasteiger partial charge in [-0.3, -0.25) is 4.31 Å². The van der Waals surface area contributed by atoms with E-state index in [1.807, 2.05) is 18.2 Å². The molecular weight excluding hydrogens is 624 g/mol. The second-order valence-corrected chi connectivity index (χ2v) is 14.5. The van der Waals surface area contributed by atoms with E-state index in [0.717, 1.165) is 37.0 Å². The van der Waals surface area contributed by atoms with Crippen molar-refractivity contribution in [1.29, 1.82) is 0 Å². The summed E-state index contributed by atoms with van der Waals surface area (Å²) in [6.07, 6.45) is 6.81. The number of hydrogen-bond acceptors (Lipinski definition) is 8. The lowest BCUT2D eigenvalue weighted by Gasteiger charge is -2.35. The molecule has 3 aromatic rings. The molecule has 1 aliphatic heterocycles. The largest absolute Gasteiger partial charge is 0.479 e. The lowest BCUT2D eigenvalue weighted by atomic mass is 9.90. The van der Waals surface area contributed by atoms with Crippen LogP contribution in [-0.2, 0) is 25.3 Å². The van der Waals surface area contributed by atoms with E-state index in [-0.39, 0.29) is 27.4 Å². The molecule has 9 nitrogen and oxygen atoms in total. The van der Waals surface area contributed by atoms with Crippen LogP contribution in [0.3, 0.4) is 0 Å². The van der Waals surface area contributed by atoms with Crippen molar-refractivity contribution in [2.75, 3.05) is 30.6 Å². The van der Waals surface area contributed by atoms with Gasteiger partial charge in [-0.25, -0.2) is 18.0 Å². The second kappa shape index (κ2) is 14.8. The number of carbonyl (C=O) groups excluding carboxylic acids is 1. The van der Waals surface area contributed by atoms with Crippen molar-refractivity contribution in [1.82, 2.24) is 5.32 Å². The maximum atomic E-state index is 13.9. The molecule has 2 aromatic carbocycles. The van der Waals surface area contributed by atoms with E-state index in [1.165, 1.54) is 10.7 Å². The van der Waals surface area contributed by atoms with E-state index in [0.29, 0.717) is 60.1 Å². The topological polar surface area (TPSA) is 122 Å². The van der Waals surface area contributed by atoms with Gasteiger partial charge in [-0.1, -0.05) is 73.3 Å². The first-order chi connectivity index (χ1) is 21.2. The molecule has 2 N–H and O–H groups in total. The number of hydrogen-bond donors (Lipinski definition) is 2. The number of halogens is 1. The Bertz CT molecular complexity index is 1550. The number of anilines is 1. The summed E-state index contributed by atoms with van der Waals surface area (Å²) in [5.74, 6) is -1.75. The first-order valence-electron chi connectivity index (χ1n) is 14.9. The van der Waals surface area contributed by atoms with Crippen LogP contribution in [0.15, 0.2) is 54.6 Å². The summed E-state index contributed by atoms with van der Waals surface area (Å²) in [6.45, 7) is 1.25. The van der Waals surface area contributed by atoms with Gasteiger partial charge in [0.05, 0.1) is 22.9 Å². The highest BCUT2D eigenvalue weighted by Gasteiger charge is 2.32. The Kier molecular flexibility index (Phi) is 10.8. The Morgan fingerprint density at radius 1 is 1.00 bits per heavy atom. The third-order valence-corrected chi connectivity index (χ3v) is 11.5. The number of carboxylic acids is 1. The number of sulfonamides is 1. The number of ether oxygens (including phenoxy) is 2. The average Bonchev–Trinajstić information content (AvgIpc) is 3.36. The molecule has 0 radical (unpaired) electrons. The predicted octanol–water partition coefficient (Wildman–Crippen LogP) is 6.36. The Balaban J connectivity index is 1.40. The van der Waals surface area contributed by atoms with Gasteiger partial charge in [0.2, 0.25) is 10.0 Å². The summed E-state index contributed by atoms with van der Waals surface area (Å²) in [4.78, 5) is 24.8. The van der Waals surface area contributed by atoms with Gasteiger partial charge < -0.3 is 19.9 Å². The molecule has 0 bridgehead atoms. The molecule has 1 aliphatic carbocycles. The van der Waals surface area contributed by atoms with Crippen LogP contribution in [0.4, 0.5) is 5.69 Å². The third kappa shape index (κ3) is 7.93. The Morgan fingerprint density at radius 3 is 2.43 bits per heavy atom. The fourth-order valence-corrected chi connectivity index (χ4v) is 9.12. The van der Waals surface area contributed by atoms with Gasteiger partial charge in [-0.15, -0.1) is 11.3 Å². The average molecular weight is 661 g/mol. The minimum absolute atomic E-state index is 0.0465. The van der Waals surface area contributed by atoms with Crippen molar-refractivity contribution in [2.24, 2.45) is 5.92 Å². The second-order valence-electron chi connectivity index (χ2n) is 11.3. The number of piperidine rings is 1. The Morgan fingerprint density at radius 2 is 1.73 bits per heavy atom. The molecule has 2 aliphatic rings. The lowest BCUT2D eigenvalue weighted by molar-refractivity contribution is -0.147. The molecule has 0 atom stereocenters. The third-order valence-electron chi connectivity index (χ3n) is 8.04. The van der Waals surface area contributed by atoms with Crippen molar-refractivity contribution < 1.29 is 32.6 Å². The van der Waals surface area contributed by atoms with E-state index in [1.54, 1.807) is 36.4 Å². The van der Waals surface area contributed by atoms with Gasteiger partial charge in [0.25, 0.3) is 0 Å². The fraction of sp³-hybridized carbons (Fsp3) is 0.438. The molecule has 0 unspecified atom stereocenters. The van der Waals surface area contributed by atoms with Crippen LogP contribution in [0.5, 0.6) is 5.75 Å². The van der Waals surface area contributed by atoms with Crippen LogP contribution < -0.4 is 14.4 Å². The summed E-state index contributed by atoms with van der Waals surface area (Å²) in [5, 5.41) is 13.2. The highest BCUT2D eigenvalue weighted by molar-refractivity contribution is 7.92. The van der Waals surface area contributed by atoms with Crippen molar-refractivity contribution in [2.45, 2.75) is 56.7 Å². The maximum Gasteiger partial charge on any atom is 0.349 e. The standard InChI is InChI=1S/C32H37ClN2O7S2/c33-28-29(42-20-27(36)41-19-22-8-3-1-4-9-22)31(32(37)38)43-30(28)24-12-7-13-26(18-24)35(25-14-16-34-17-15-25)44(39,40)21-23-10-5-2-6-11-23/h2,5-7,10-13,18,22,25,34H,1,3-4,8-9,14-17,19-21H2,(H,37,38). The van der Waals surface area contributed by atoms with Gasteiger partial charge in [0.1, 0.15) is 5.02 Å². The zero-order valence-electron chi connectivity index (χ0n) is 24.4. The summed E-state index contributed by atoms with van der Waals surface area (Å²) in [7, 11) is -3.78. The number of rotatable bonds is 12. The quantitative estimate of drug-likeness (QED) is 0.215. The molecule has 2 fully saturated rings. The molecule has 0 amide bonds. The number of benzene rings is 2. The van der Waals surface area contributed by atoms with Crippen LogP contribution >= 0.6 is 22.9 Å². The van der Waals surface area contributed by atoms with Gasteiger partial charge in [0, 0.05) is 6.04 Å². The molecule has 12 heteroatoms. The molecule has 1 saturated carbocycles. The van der Waals surface area contributed by atoms with E-state index in [2.05, 4.69) is 5.32 Å². The summed E-state index contributed by atoms with van der Waals surface area (Å²) >= 11 is 7.61. The van der Waals surface area contributed by atoms with Crippen molar-refractivity contribution in [3.63, 3.8) is 0 Å². The summed E-state index contributed by atoms with van der Waals surface area (Å²) in [6, 6.07) is 15.8. The number of nitrogens with zero attached hydrogens (tertiary/aromatic N) is 1. The first kappa shape index (κ1) is 32.3. The van der Waals surface area contributed by atoms with Gasteiger partial charge in [-0.05, 0) is 68.0 Å². The molecule has 0 spiro atoms. The minimum Gasteiger partial charge on any atom is -0.479 e. The van der Waals surface area contributed by atoms with Gasteiger partial charge in [0.15, 0.2) is 17.2 Å². The predicted molar refractivity (Wildman–Crippen MR) is 172 cm³/mol. The normalized spacial score (nSPS) is 16.4. The molecule has 1 saturated heterocycles. The molecule has 2 heterocycles. The maximum absolute atomic E-state index is 13.9. The van der Waals surface area contributed by atoms with Crippen LogP contribution in [-0.4, -0.2) is 57.8 Å². The minimum atomic E-state index is -3.78. The zero-order chi connectivity index (χ0) is 31.1. The highest BCUT2D eigenvalue weighted by Crippen LogP contribution is 2.46. The fourth-order valence-electron chi connectivity index (χ4n) is 5.87. The Hall–Kier alpha value is -3.12. The van der Waals surface area contributed by atoms with E-state index in [9.17, 15) is 23.1 Å². The number of carbonyl (C=O) groups is 2. The van der Waals surface area contributed by atoms with Crippen LogP contribution in [0.25, 0.3) is 10.4 Å². The summed E-state index contributed by atoms with van der Waals surface area (Å²) < 4.78 is 40.3. The van der Waals surface area contributed by atoms with Crippen molar-refractivity contribution >= 4 is 50.6 Å². The van der Waals surface area contributed by atoms with Crippen molar-refractivity contribution in [3.8, 4) is 16.2 Å². The SMILES string of the molecule is O=C(COc1c(C(=O)O)sc(-c2cccc(N(C3CCNCC3)S(=O)(=O)Cc3ccccc3)c2)c1Cl)OCC1CCCCC1. The Labute approximate surface area is 267 Å². The number of aromatic carboxylic acids is 1. The highest BCUT2D eigenvalue weighted by atomic mass is 35.5. The van der Waals surface area contributed by atoms with Gasteiger partial charge >= 0.3 is 11.9 Å². The summed E-state index contributed by atoms with van der Waals surface area (Å²) in [5.41, 5.74) is 1.71. The van der Waals surface area contributed by atoms with E-state index < -0.39 is 28.6 Å².